The van der Waals surface area contributed by atoms with Crippen LogP contribution in [0.3, 0.4) is 0 Å². The van der Waals surface area contributed by atoms with Crippen molar-refractivity contribution >= 4 is 24.5 Å². The van der Waals surface area contributed by atoms with Crippen LogP contribution in [0.1, 0.15) is 78.1 Å². The van der Waals surface area contributed by atoms with Gasteiger partial charge in [0.15, 0.2) is 0 Å². The van der Waals surface area contributed by atoms with Crippen LogP contribution in [-0.2, 0) is 19.8 Å². The smallest absolute Gasteiger partial charge is 0.542 e. The van der Waals surface area contributed by atoms with E-state index in [1.165, 1.54) is 71.0 Å². The average molecular weight is 454 g/mol. The van der Waals surface area contributed by atoms with E-state index in [4.69, 9.17) is 41.6 Å². The first kappa shape index (κ1) is 42.7. The standard InChI is InChI=1S/C12H25.C2H3O.2Na.H3O4P.H2O4S/c1-3-5-7-9-11-12-10-8-6-4-2;1-2-3;;;2*1-5(2,3)4/h1,3-12H2,2H3;1H3;;;(H3,1,2,3,4);(H2,1,2,3,4)/q2*-1;2*+1;;. The molecule has 0 aromatic rings. The van der Waals surface area contributed by atoms with Crippen LogP contribution < -0.4 is 59.1 Å². The summed E-state index contributed by atoms with van der Waals surface area (Å²) < 4.78 is 40.5. The Labute approximate surface area is 208 Å². The van der Waals surface area contributed by atoms with Crippen LogP contribution in [0, 0.1) is 6.92 Å². The second kappa shape index (κ2) is 32.3. The van der Waals surface area contributed by atoms with Gasteiger partial charge in [-0.25, -0.2) is 4.57 Å². The molecule has 0 aromatic carbocycles. The van der Waals surface area contributed by atoms with Crippen LogP contribution in [0.4, 0.5) is 0 Å². The quantitative estimate of drug-likeness (QED) is 0.0817. The molecule has 0 saturated carbocycles. The SMILES string of the molecule is C[C-]=O.O=P(O)(O)O.O=S(=O)(O)O.[CH2-]CCCCCCCCCCC.[Na+].[Na+]. The molecule has 0 fully saturated rings. The average Bonchev–Trinajstić information content (AvgIpc) is 2.39. The predicted octanol–water partition coefficient (Wildman–Crippen LogP) is -2.72. The number of rotatable bonds is 9. The summed E-state index contributed by atoms with van der Waals surface area (Å²) in [5.41, 5.74) is 0. The second-order valence-corrected chi connectivity index (χ2v) is 6.77. The van der Waals surface area contributed by atoms with E-state index in [-0.39, 0.29) is 59.1 Å². The van der Waals surface area contributed by atoms with Crippen molar-refractivity contribution in [2.45, 2.75) is 78.1 Å². The van der Waals surface area contributed by atoms with Crippen molar-refractivity contribution in [2.75, 3.05) is 0 Å². The maximum atomic E-state index is 8.88. The number of unbranched alkanes of at least 4 members (excludes halogenated alkanes) is 9. The van der Waals surface area contributed by atoms with Gasteiger partial charge < -0.3 is 26.4 Å². The molecule has 0 aromatic heterocycles. The Morgan fingerprint density at radius 2 is 1.04 bits per heavy atom. The fourth-order valence-corrected chi connectivity index (χ4v) is 1.49. The molecular weight excluding hydrogens is 421 g/mol. The van der Waals surface area contributed by atoms with Crippen LogP contribution in [-0.4, -0.2) is 38.5 Å². The van der Waals surface area contributed by atoms with E-state index in [1.807, 2.05) is 0 Å². The van der Waals surface area contributed by atoms with Crippen LogP contribution in [0.15, 0.2) is 0 Å². The molecule has 0 aliphatic carbocycles. The third-order valence-electron chi connectivity index (χ3n) is 2.35. The van der Waals surface area contributed by atoms with Crippen LogP contribution in [0.5, 0.6) is 0 Å². The van der Waals surface area contributed by atoms with Crippen molar-refractivity contribution in [1.82, 2.24) is 0 Å². The summed E-state index contributed by atoms with van der Waals surface area (Å²) in [4.78, 5) is 30.2. The minimum absolute atomic E-state index is 0. The Hall–Kier alpha value is 1.65. The summed E-state index contributed by atoms with van der Waals surface area (Å²) >= 11 is 0. The van der Waals surface area contributed by atoms with E-state index in [1.54, 1.807) is 0 Å². The fourth-order valence-electron chi connectivity index (χ4n) is 1.49. The van der Waals surface area contributed by atoms with E-state index >= 15 is 0 Å². The molecule has 156 valence electrons. The summed E-state index contributed by atoms with van der Waals surface area (Å²) in [6.45, 7) is 7.44. The largest absolute Gasteiger partial charge is 1.00 e. The van der Waals surface area contributed by atoms with Crippen LogP contribution >= 0.6 is 7.82 Å². The maximum Gasteiger partial charge on any atom is 1.00 e. The molecule has 0 amide bonds. The first-order valence-electron chi connectivity index (χ1n) is 7.89. The first-order chi connectivity index (χ1) is 11.3. The third-order valence-corrected chi connectivity index (χ3v) is 2.35. The van der Waals surface area contributed by atoms with Gasteiger partial charge >= 0.3 is 77.3 Å². The molecule has 0 unspecified atom stereocenters. The molecule has 0 radical (unpaired) electrons. The molecule has 13 heteroatoms. The van der Waals surface area contributed by atoms with Gasteiger partial charge in [-0.1, -0.05) is 64.7 Å². The Morgan fingerprint density at radius 3 is 1.22 bits per heavy atom. The van der Waals surface area contributed by atoms with Gasteiger partial charge in [0.2, 0.25) is 0 Å². The Kier molecular flexibility index (Phi) is 51.1. The molecule has 0 atom stereocenters. The molecule has 0 aliphatic rings. The van der Waals surface area contributed by atoms with Crippen molar-refractivity contribution in [3.63, 3.8) is 0 Å². The Bertz CT molecular complexity index is 377. The zero-order chi connectivity index (χ0) is 20.8. The summed E-state index contributed by atoms with van der Waals surface area (Å²) in [5, 5.41) is 0. The van der Waals surface area contributed by atoms with Gasteiger partial charge in [-0.15, -0.1) is 0 Å². The minimum atomic E-state index is -4.67. The van der Waals surface area contributed by atoms with Gasteiger partial charge in [-0.3, -0.25) is 15.4 Å². The molecule has 0 saturated heterocycles. The fraction of sp³-hybridized carbons (Fsp3) is 0.857. The summed E-state index contributed by atoms with van der Waals surface area (Å²) in [5.74, 6) is 0. The number of carbonyl (C=O) groups excluding carboxylic acids is 1. The summed E-state index contributed by atoms with van der Waals surface area (Å²) in [6, 6.07) is 0. The topological polar surface area (TPSA) is 169 Å². The van der Waals surface area contributed by atoms with E-state index in [0.29, 0.717) is 0 Å². The third kappa shape index (κ3) is 160. The maximum absolute atomic E-state index is 8.88. The second-order valence-electron chi connectivity index (χ2n) is 4.85. The zero-order valence-corrected chi connectivity index (χ0v) is 22.7. The van der Waals surface area contributed by atoms with Gasteiger partial charge in [0.25, 0.3) is 0 Å². The zero-order valence-electron chi connectivity index (χ0n) is 17.0. The van der Waals surface area contributed by atoms with Crippen molar-refractivity contribution < 1.29 is 101 Å². The first-order valence-corrected chi connectivity index (χ1v) is 10.9. The van der Waals surface area contributed by atoms with Gasteiger partial charge in [-0.2, -0.15) is 21.8 Å². The normalized spacial score (nSPS) is 9.48. The number of phosphoric acid groups is 1. The molecule has 27 heavy (non-hydrogen) atoms. The van der Waals surface area contributed by atoms with Crippen LogP contribution in [0.25, 0.3) is 0 Å². The van der Waals surface area contributed by atoms with Gasteiger partial charge in [0.05, 0.1) is 0 Å². The molecule has 5 N–H and O–H groups in total. The van der Waals surface area contributed by atoms with E-state index in [9.17, 15) is 0 Å². The van der Waals surface area contributed by atoms with E-state index in [2.05, 4.69) is 13.8 Å². The number of hydrogen-bond acceptors (Lipinski definition) is 4. The minimum Gasteiger partial charge on any atom is -0.542 e. The van der Waals surface area contributed by atoms with Crippen molar-refractivity contribution in [2.24, 2.45) is 0 Å². The van der Waals surface area contributed by atoms with Crippen molar-refractivity contribution in [1.29, 1.82) is 0 Å². The van der Waals surface area contributed by atoms with E-state index < -0.39 is 18.2 Å². The molecule has 0 spiro atoms. The molecular formula is C14H33Na2O9PS. The Balaban J connectivity index is -0.0000000620. The number of hydrogen-bond donors (Lipinski definition) is 5. The van der Waals surface area contributed by atoms with E-state index in [0.717, 1.165) is 6.42 Å². The van der Waals surface area contributed by atoms with Gasteiger partial charge in [0.1, 0.15) is 0 Å². The molecule has 0 bridgehead atoms. The monoisotopic (exact) mass is 454 g/mol. The van der Waals surface area contributed by atoms with Crippen molar-refractivity contribution in [3.05, 3.63) is 6.92 Å². The van der Waals surface area contributed by atoms with Gasteiger partial charge in [0, 0.05) is 0 Å². The van der Waals surface area contributed by atoms with Gasteiger partial charge in [-0.05, 0) is 0 Å². The molecule has 0 aliphatic heterocycles. The Morgan fingerprint density at radius 1 is 0.852 bits per heavy atom. The van der Waals surface area contributed by atoms with Crippen LogP contribution in [0.2, 0.25) is 0 Å². The molecule has 0 rings (SSSR count). The summed E-state index contributed by atoms with van der Waals surface area (Å²) in [6.07, 6.45) is 15.4. The van der Waals surface area contributed by atoms with Crippen molar-refractivity contribution in [3.8, 4) is 0 Å². The summed E-state index contributed by atoms with van der Waals surface area (Å²) in [7, 11) is -9.31. The molecule has 9 nitrogen and oxygen atoms in total. The predicted molar refractivity (Wildman–Crippen MR) is 97.0 cm³/mol. The molecule has 0 heterocycles.